The van der Waals surface area contributed by atoms with Gasteiger partial charge in [0.05, 0.1) is 0 Å². The summed E-state index contributed by atoms with van der Waals surface area (Å²) in [7, 11) is 0. The van der Waals surface area contributed by atoms with Gasteiger partial charge in [0.1, 0.15) is 5.69 Å². The van der Waals surface area contributed by atoms with E-state index in [1.165, 1.54) is 32.1 Å². The van der Waals surface area contributed by atoms with Gasteiger partial charge in [0.25, 0.3) is 5.91 Å². The van der Waals surface area contributed by atoms with Crippen LogP contribution in [0, 0.1) is 11.3 Å². The first-order chi connectivity index (χ1) is 16.2. The van der Waals surface area contributed by atoms with Crippen molar-refractivity contribution in [2.45, 2.75) is 65.8 Å². The Morgan fingerprint density at radius 2 is 1.62 bits per heavy atom. The lowest BCUT2D eigenvalue weighted by atomic mass is 9.89. The van der Waals surface area contributed by atoms with Gasteiger partial charge in [0.2, 0.25) is 5.91 Å². The third-order valence-corrected chi connectivity index (χ3v) is 6.44. The van der Waals surface area contributed by atoms with Gasteiger partial charge in [-0.15, -0.1) is 0 Å². The van der Waals surface area contributed by atoms with Gasteiger partial charge in [0.15, 0.2) is 0 Å². The average Bonchev–Trinajstić information content (AvgIpc) is 3.12. The predicted octanol–water partition coefficient (Wildman–Crippen LogP) is 6.43. The van der Waals surface area contributed by atoms with E-state index in [-0.39, 0.29) is 17.2 Å². The SMILES string of the molecule is CC(C)(C)CC(=O)Nc1ccc2c(c1)cc(C(=O)Nc1ccc(N)cc1)n2CC1CCCCC1. The Morgan fingerprint density at radius 3 is 2.29 bits per heavy atom. The molecular formula is C28H36N4O2. The summed E-state index contributed by atoms with van der Waals surface area (Å²) in [5, 5.41) is 6.98. The molecule has 0 unspecified atom stereocenters. The van der Waals surface area contributed by atoms with Gasteiger partial charge in [0, 0.05) is 40.9 Å². The summed E-state index contributed by atoms with van der Waals surface area (Å²) in [6, 6.07) is 15.0. The lowest BCUT2D eigenvalue weighted by Gasteiger charge is -2.23. The zero-order valence-electron chi connectivity index (χ0n) is 20.5. The minimum Gasteiger partial charge on any atom is -0.399 e. The molecule has 1 saturated carbocycles. The maximum Gasteiger partial charge on any atom is 0.272 e. The molecule has 2 amide bonds. The molecule has 0 saturated heterocycles. The second-order valence-corrected chi connectivity index (χ2v) is 10.8. The van der Waals surface area contributed by atoms with Crippen LogP contribution in [-0.4, -0.2) is 16.4 Å². The first kappa shape index (κ1) is 23.9. The number of hydrogen-bond acceptors (Lipinski definition) is 3. The Labute approximate surface area is 201 Å². The minimum absolute atomic E-state index is 0.00481. The molecule has 0 radical (unpaired) electrons. The number of aromatic nitrogens is 1. The number of amides is 2. The summed E-state index contributed by atoms with van der Waals surface area (Å²) < 4.78 is 2.15. The molecule has 4 rings (SSSR count). The molecule has 1 aromatic heterocycles. The predicted molar refractivity (Wildman–Crippen MR) is 140 cm³/mol. The van der Waals surface area contributed by atoms with E-state index >= 15 is 0 Å². The van der Waals surface area contributed by atoms with Crippen molar-refractivity contribution in [1.29, 1.82) is 0 Å². The highest BCUT2D eigenvalue weighted by Crippen LogP contribution is 2.30. The molecule has 2 aromatic carbocycles. The van der Waals surface area contributed by atoms with E-state index in [0.717, 1.165) is 23.1 Å². The number of rotatable bonds is 6. The average molecular weight is 461 g/mol. The molecule has 4 N–H and O–H groups in total. The minimum atomic E-state index is -0.143. The summed E-state index contributed by atoms with van der Waals surface area (Å²) in [6.07, 6.45) is 6.63. The van der Waals surface area contributed by atoms with Crippen molar-refractivity contribution in [2.75, 3.05) is 16.4 Å². The van der Waals surface area contributed by atoms with Crippen molar-refractivity contribution in [3.63, 3.8) is 0 Å². The number of nitrogen functional groups attached to an aromatic ring is 1. The zero-order valence-corrected chi connectivity index (χ0v) is 20.5. The highest BCUT2D eigenvalue weighted by Gasteiger charge is 2.21. The van der Waals surface area contributed by atoms with E-state index in [1.807, 2.05) is 57.2 Å². The number of fused-ring (bicyclic) bond motifs is 1. The molecule has 34 heavy (non-hydrogen) atoms. The monoisotopic (exact) mass is 460 g/mol. The molecule has 6 nitrogen and oxygen atoms in total. The Bertz CT molecular complexity index is 1170. The number of nitrogens with zero attached hydrogens (tertiary/aromatic N) is 1. The fourth-order valence-electron chi connectivity index (χ4n) is 4.81. The van der Waals surface area contributed by atoms with E-state index in [2.05, 4.69) is 15.2 Å². The number of benzene rings is 2. The second-order valence-electron chi connectivity index (χ2n) is 10.8. The van der Waals surface area contributed by atoms with E-state index in [9.17, 15) is 9.59 Å². The van der Waals surface area contributed by atoms with Gasteiger partial charge in [-0.25, -0.2) is 0 Å². The third kappa shape index (κ3) is 5.99. The number of carbonyl (C=O) groups is 2. The molecule has 0 spiro atoms. The lowest BCUT2D eigenvalue weighted by Crippen LogP contribution is -2.21. The molecule has 0 atom stereocenters. The Morgan fingerprint density at radius 1 is 0.941 bits per heavy atom. The Balaban J connectivity index is 1.64. The van der Waals surface area contributed by atoms with Gasteiger partial charge in [-0.3, -0.25) is 9.59 Å². The number of nitrogens with one attached hydrogen (secondary N) is 2. The molecule has 1 aliphatic rings. The van der Waals surface area contributed by atoms with Crippen LogP contribution in [-0.2, 0) is 11.3 Å². The smallest absolute Gasteiger partial charge is 0.272 e. The maximum atomic E-state index is 13.3. The highest BCUT2D eigenvalue weighted by atomic mass is 16.2. The molecule has 1 heterocycles. The van der Waals surface area contributed by atoms with Gasteiger partial charge >= 0.3 is 0 Å². The van der Waals surface area contributed by atoms with Crippen molar-refractivity contribution in [2.24, 2.45) is 11.3 Å². The topological polar surface area (TPSA) is 89.2 Å². The standard InChI is InChI=1S/C28H36N4O2/c1-28(2,3)17-26(33)30-23-13-14-24-20(15-23)16-25(32(24)18-19-7-5-4-6-8-19)27(34)31-22-11-9-21(29)10-12-22/h9-16,19H,4-8,17-18,29H2,1-3H3,(H,30,33)(H,31,34). The van der Waals surface area contributed by atoms with Crippen molar-refractivity contribution >= 4 is 39.8 Å². The van der Waals surface area contributed by atoms with E-state index in [0.29, 0.717) is 29.4 Å². The number of anilines is 3. The largest absolute Gasteiger partial charge is 0.399 e. The number of nitrogens with two attached hydrogens (primary N) is 1. The summed E-state index contributed by atoms with van der Waals surface area (Å²) in [6.45, 7) is 6.97. The molecule has 180 valence electrons. The fourth-order valence-corrected chi connectivity index (χ4v) is 4.81. The molecule has 1 aliphatic carbocycles. The molecule has 0 bridgehead atoms. The van der Waals surface area contributed by atoms with Crippen LogP contribution in [0.5, 0.6) is 0 Å². The summed E-state index contributed by atoms with van der Waals surface area (Å²) >= 11 is 0. The normalized spacial score (nSPS) is 14.8. The van der Waals surface area contributed by atoms with Crippen molar-refractivity contribution in [3.05, 3.63) is 54.2 Å². The molecule has 3 aromatic rings. The zero-order chi connectivity index (χ0) is 24.3. The molecular weight excluding hydrogens is 424 g/mol. The lowest BCUT2D eigenvalue weighted by molar-refractivity contribution is -0.117. The highest BCUT2D eigenvalue weighted by molar-refractivity contribution is 6.07. The Hall–Kier alpha value is -3.28. The summed E-state index contributed by atoms with van der Waals surface area (Å²) in [5.74, 6) is 0.420. The number of hydrogen-bond donors (Lipinski definition) is 3. The van der Waals surface area contributed by atoms with Crippen LogP contribution in [0.3, 0.4) is 0 Å². The van der Waals surface area contributed by atoms with E-state index in [4.69, 9.17) is 5.73 Å². The van der Waals surface area contributed by atoms with Crippen LogP contribution in [0.25, 0.3) is 10.9 Å². The van der Waals surface area contributed by atoms with Crippen LogP contribution in [0.2, 0.25) is 0 Å². The van der Waals surface area contributed by atoms with Crippen LogP contribution in [0.4, 0.5) is 17.1 Å². The summed E-state index contributed by atoms with van der Waals surface area (Å²) in [5.41, 5.74) is 9.48. The van der Waals surface area contributed by atoms with Gasteiger partial charge < -0.3 is 20.9 Å². The molecule has 6 heteroatoms. The van der Waals surface area contributed by atoms with Gasteiger partial charge in [-0.05, 0) is 72.7 Å². The van der Waals surface area contributed by atoms with Crippen LogP contribution in [0.1, 0.15) is 69.8 Å². The number of carbonyl (C=O) groups excluding carboxylic acids is 2. The van der Waals surface area contributed by atoms with Gasteiger partial charge in [-0.1, -0.05) is 40.0 Å². The van der Waals surface area contributed by atoms with Crippen molar-refractivity contribution < 1.29 is 9.59 Å². The van der Waals surface area contributed by atoms with Crippen LogP contribution in [0.15, 0.2) is 48.5 Å². The van der Waals surface area contributed by atoms with E-state index in [1.54, 1.807) is 12.1 Å². The Kier molecular flexibility index (Phi) is 6.96. The van der Waals surface area contributed by atoms with Crippen molar-refractivity contribution in [3.8, 4) is 0 Å². The third-order valence-electron chi connectivity index (χ3n) is 6.44. The van der Waals surface area contributed by atoms with E-state index < -0.39 is 0 Å². The first-order valence-corrected chi connectivity index (χ1v) is 12.3. The first-order valence-electron chi connectivity index (χ1n) is 12.3. The second kappa shape index (κ2) is 9.92. The summed E-state index contributed by atoms with van der Waals surface area (Å²) in [4.78, 5) is 25.8. The van der Waals surface area contributed by atoms with Crippen molar-refractivity contribution in [1.82, 2.24) is 4.57 Å². The van der Waals surface area contributed by atoms with Crippen LogP contribution < -0.4 is 16.4 Å². The van der Waals surface area contributed by atoms with Gasteiger partial charge in [-0.2, -0.15) is 0 Å². The molecule has 1 fully saturated rings. The quantitative estimate of drug-likeness (QED) is 0.370. The van der Waals surface area contributed by atoms with Crippen LogP contribution >= 0.6 is 0 Å². The fraction of sp³-hybridized carbons (Fsp3) is 0.429. The maximum absolute atomic E-state index is 13.3. The molecule has 0 aliphatic heterocycles.